The maximum atomic E-state index is 14.2. The molecule has 13 heteroatoms. The zero-order valence-corrected chi connectivity index (χ0v) is 22.9. The molecule has 0 saturated carbocycles. The van der Waals surface area contributed by atoms with Crippen molar-refractivity contribution in [3.05, 3.63) is 76.8 Å². The SMILES string of the molecule is COCC1=C(C(=O)OC)C(c2ccc(F)c(F)c2)N(C(=O)NCCC[N+]2(O)CCC(c3ccccn3)CC2)C(=O)N1. The Balaban J connectivity index is 1.45. The number of carbonyl (C=O) groups is 3. The molecule has 1 fully saturated rings. The van der Waals surface area contributed by atoms with Gasteiger partial charge in [0, 0.05) is 50.7 Å². The number of amides is 4. The molecule has 0 bridgehead atoms. The third-order valence-electron chi connectivity index (χ3n) is 7.43. The van der Waals surface area contributed by atoms with Crippen molar-refractivity contribution in [3.8, 4) is 0 Å². The van der Waals surface area contributed by atoms with E-state index in [2.05, 4.69) is 15.6 Å². The molecule has 1 unspecified atom stereocenters. The fourth-order valence-corrected chi connectivity index (χ4v) is 5.32. The van der Waals surface area contributed by atoms with E-state index in [9.17, 15) is 28.4 Å². The van der Waals surface area contributed by atoms with E-state index in [1.807, 2.05) is 18.2 Å². The Hall–Kier alpha value is -3.94. The molecule has 0 spiro atoms. The number of pyridine rings is 1. The molecule has 4 rings (SSSR count). The Morgan fingerprint density at radius 1 is 1.17 bits per heavy atom. The Morgan fingerprint density at radius 3 is 2.56 bits per heavy atom. The molecule has 2 aliphatic heterocycles. The molecule has 2 aromatic rings. The molecule has 2 aliphatic rings. The number of hydrogen-bond donors (Lipinski definition) is 3. The van der Waals surface area contributed by atoms with E-state index >= 15 is 0 Å². The molecule has 41 heavy (non-hydrogen) atoms. The number of methoxy groups -OCH3 is 2. The highest BCUT2D eigenvalue weighted by molar-refractivity contribution is 6.01. The third kappa shape index (κ3) is 6.87. The average Bonchev–Trinajstić information content (AvgIpc) is 2.97. The van der Waals surface area contributed by atoms with E-state index in [1.165, 1.54) is 13.2 Å². The second-order valence-electron chi connectivity index (χ2n) is 10.1. The van der Waals surface area contributed by atoms with Gasteiger partial charge in [0.1, 0.15) is 25.7 Å². The summed E-state index contributed by atoms with van der Waals surface area (Å²) in [5.41, 5.74) is 0.865. The summed E-state index contributed by atoms with van der Waals surface area (Å²) in [5, 5.41) is 16.1. The summed E-state index contributed by atoms with van der Waals surface area (Å²) in [7, 11) is 2.47. The van der Waals surface area contributed by atoms with E-state index in [0.29, 0.717) is 26.1 Å². The number of likely N-dealkylation sites (tertiary alicyclic amines) is 1. The zero-order chi connectivity index (χ0) is 29.6. The minimum Gasteiger partial charge on any atom is -0.466 e. The predicted molar refractivity (Wildman–Crippen MR) is 141 cm³/mol. The summed E-state index contributed by atoms with van der Waals surface area (Å²) in [5.74, 6) is -2.95. The second-order valence-corrected chi connectivity index (χ2v) is 10.1. The van der Waals surface area contributed by atoms with Gasteiger partial charge in [-0.05, 0) is 29.8 Å². The second kappa shape index (κ2) is 13.1. The van der Waals surface area contributed by atoms with Gasteiger partial charge in [0.25, 0.3) is 0 Å². The molecule has 0 aliphatic carbocycles. The Kier molecular flexibility index (Phi) is 9.63. The van der Waals surface area contributed by atoms with Crippen molar-refractivity contribution in [3.63, 3.8) is 0 Å². The van der Waals surface area contributed by atoms with Gasteiger partial charge in [-0.15, -0.1) is 0 Å². The van der Waals surface area contributed by atoms with Crippen molar-refractivity contribution < 1.29 is 42.5 Å². The number of aromatic nitrogens is 1. The summed E-state index contributed by atoms with van der Waals surface area (Å²) in [6, 6.07) is 5.48. The van der Waals surface area contributed by atoms with Gasteiger partial charge in [-0.25, -0.2) is 33.3 Å². The number of nitrogens with one attached hydrogen (secondary N) is 2. The minimum absolute atomic E-state index is 0.0152. The number of urea groups is 2. The van der Waals surface area contributed by atoms with Gasteiger partial charge >= 0.3 is 18.0 Å². The van der Waals surface area contributed by atoms with Gasteiger partial charge in [-0.2, -0.15) is 4.65 Å². The van der Waals surface area contributed by atoms with E-state index in [0.717, 1.165) is 42.7 Å². The van der Waals surface area contributed by atoms with Crippen molar-refractivity contribution in [2.45, 2.75) is 31.2 Å². The van der Waals surface area contributed by atoms with Crippen LogP contribution in [0, 0.1) is 11.6 Å². The van der Waals surface area contributed by atoms with Crippen LogP contribution in [0.25, 0.3) is 0 Å². The monoisotopic (exact) mass is 574 g/mol. The normalized spacial score (nSPS) is 22.8. The Labute approximate surface area is 236 Å². The van der Waals surface area contributed by atoms with Crippen LogP contribution in [0.2, 0.25) is 0 Å². The summed E-state index contributed by atoms with van der Waals surface area (Å²) in [6.45, 7) is 1.36. The first kappa shape index (κ1) is 30.0. The molecular weight excluding hydrogens is 540 g/mol. The summed E-state index contributed by atoms with van der Waals surface area (Å²) >= 11 is 0. The molecule has 1 aromatic carbocycles. The number of imide groups is 1. The smallest absolute Gasteiger partial charge is 0.338 e. The fraction of sp³-hybridized carbons (Fsp3) is 0.429. The highest BCUT2D eigenvalue weighted by atomic mass is 19.2. The van der Waals surface area contributed by atoms with Crippen molar-refractivity contribution in [1.82, 2.24) is 20.5 Å². The third-order valence-corrected chi connectivity index (χ3v) is 7.43. The number of esters is 1. The molecule has 3 heterocycles. The largest absolute Gasteiger partial charge is 0.466 e. The number of benzene rings is 1. The van der Waals surface area contributed by atoms with Crippen LogP contribution in [0.15, 0.2) is 53.9 Å². The standard InChI is InChI=1S/C28H33F2N5O6/c1-40-17-23-24(26(36)41-2)25(19-7-8-20(29)21(30)16-19)34(28(38)33-23)27(37)32-12-5-13-35(39)14-9-18(10-15-35)22-6-3-4-11-31-22/h3-4,6-8,11,16,18,25,39H,5,9-10,12-15,17H2,1-2H3,(H-,32,33,36,37,38)/p+1. The van der Waals surface area contributed by atoms with Gasteiger partial charge < -0.3 is 20.1 Å². The number of carbonyl (C=O) groups excluding carboxylic acids is 3. The van der Waals surface area contributed by atoms with Crippen LogP contribution in [0.4, 0.5) is 18.4 Å². The summed E-state index contributed by atoms with van der Waals surface area (Å²) in [6.07, 6.45) is 3.71. The fourth-order valence-electron chi connectivity index (χ4n) is 5.32. The lowest BCUT2D eigenvalue weighted by molar-refractivity contribution is -1.10. The van der Waals surface area contributed by atoms with Gasteiger partial charge in [0.05, 0.1) is 25.0 Å². The van der Waals surface area contributed by atoms with Crippen LogP contribution in [0.1, 0.15) is 42.5 Å². The maximum Gasteiger partial charge on any atom is 0.338 e. The van der Waals surface area contributed by atoms with E-state index in [1.54, 1.807) is 6.20 Å². The average molecular weight is 575 g/mol. The Morgan fingerprint density at radius 2 is 1.93 bits per heavy atom. The molecule has 1 aromatic heterocycles. The maximum absolute atomic E-state index is 14.2. The van der Waals surface area contributed by atoms with Crippen LogP contribution >= 0.6 is 0 Å². The number of hydroxylamine groups is 3. The van der Waals surface area contributed by atoms with Gasteiger partial charge in [-0.3, -0.25) is 4.98 Å². The molecular formula is C28H34F2N5O6+. The first-order chi connectivity index (χ1) is 19.7. The van der Waals surface area contributed by atoms with Gasteiger partial charge in [0.15, 0.2) is 11.6 Å². The van der Waals surface area contributed by atoms with Crippen molar-refractivity contribution in [2.24, 2.45) is 0 Å². The first-order valence-corrected chi connectivity index (χ1v) is 13.3. The van der Waals surface area contributed by atoms with E-state index in [4.69, 9.17) is 9.47 Å². The number of halogens is 2. The molecule has 1 saturated heterocycles. The molecule has 0 radical (unpaired) electrons. The first-order valence-electron chi connectivity index (χ1n) is 13.3. The summed E-state index contributed by atoms with van der Waals surface area (Å²) < 4.78 is 37.8. The number of rotatable bonds is 9. The van der Waals surface area contributed by atoms with Crippen molar-refractivity contribution >= 4 is 18.0 Å². The molecule has 3 N–H and O–H groups in total. The quantitative estimate of drug-likeness (QED) is 0.238. The molecule has 11 nitrogen and oxygen atoms in total. The Bertz CT molecular complexity index is 1300. The molecule has 1 atom stereocenters. The number of quaternary nitrogens is 1. The number of piperidine rings is 1. The van der Waals surface area contributed by atoms with Crippen LogP contribution in [-0.2, 0) is 14.3 Å². The minimum atomic E-state index is -1.42. The lowest BCUT2D eigenvalue weighted by Gasteiger charge is -2.37. The van der Waals surface area contributed by atoms with Crippen molar-refractivity contribution in [2.75, 3.05) is 47.0 Å². The lowest BCUT2D eigenvalue weighted by atomic mass is 9.92. The van der Waals surface area contributed by atoms with Crippen LogP contribution in [0.3, 0.4) is 0 Å². The predicted octanol–water partition coefficient (Wildman–Crippen LogP) is 3.38. The van der Waals surface area contributed by atoms with Crippen LogP contribution in [0.5, 0.6) is 0 Å². The lowest BCUT2D eigenvalue weighted by Crippen LogP contribution is -2.55. The van der Waals surface area contributed by atoms with Crippen LogP contribution < -0.4 is 10.6 Å². The van der Waals surface area contributed by atoms with E-state index in [-0.39, 0.29) is 40.5 Å². The molecule has 4 amide bonds. The highest BCUT2D eigenvalue weighted by Crippen LogP contribution is 2.35. The summed E-state index contributed by atoms with van der Waals surface area (Å²) in [4.78, 5) is 44.3. The number of ether oxygens (including phenoxy) is 2. The van der Waals surface area contributed by atoms with Crippen molar-refractivity contribution in [1.29, 1.82) is 0 Å². The van der Waals surface area contributed by atoms with Gasteiger partial charge in [0.2, 0.25) is 0 Å². The zero-order valence-electron chi connectivity index (χ0n) is 22.9. The molecule has 220 valence electrons. The van der Waals surface area contributed by atoms with E-state index < -0.39 is 35.7 Å². The number of nitrogens with zero attached hydrogens (tertiary/aromatic N) is 3. The van der Waals surface area contributed by atoms with Crippen LogP contribution in [-0.4, -0.2) is 84.8 Å². The number of hydrogen-bond acceptors (Lipinski definition) is 7. The highest BCUT2D eigenvalue weighted by Gasteiger charge is 2.43. The van der Waals surface area contributed by atoms with Gasteiger partial charge in [-0.1, -0.05) is 12.1 Å². The topological polar surface area (TPSA) is 130 Å².